The molecule has 0 radical (unpaired) electrons. The Morgan fingerprint density at radius 3 is 2.52 bits per heavy atom. The third kappa shape index (κ3) is 3.44. The number of carbonyl (C=O) groups excluding carboxylic acids is 1. The van der Waals surface area contributed by atoms with Gasteiger partial charge in [-0.3, -0.25) is 4.79 Å². The summed E-state index contributed by atoms with van der Waals surface area (Å²) in [5.41, 5.74) is 0.455. The number of benzene rings is 2. The molecule has 0 bridgehead atoms. The zero-order valence-corrected chi connectivity index (χ0v) is 13.7. The quantitative estimate of drug-likeness (QED) is 0.788. The lowest BCUT2D eigenvalue weighted by Gasteiger charge is -2.29. The Balaban J connectivity index is 2.30. The van der Waals surface area contributed by atoms with Gasteiger partial charge in [0.2, 0.25) is 0 Å². The smallest absolute Gasteiger partial charge is 0.253 e. The second-order valence-electron chi connectivity index (χ2n) is 4.89. The number of amides is 1. The van der Waals surface area contributed by atoms with Crippen molar-refractivity contribution >= 4 is 33.4 Å². The van der Waals surface area contributed by atoms with Gasteiger partial charge in [-0.25, -0.2) is 4.39 Å². The Bertz CT molecular complexity index is 650. The Morgan fingerprint density at radius 1 is 1.24 bits per heavy atom. The first-order valence-corrected chi connectivity index (χ1v) is 7.86. The van der Waals surface area contributed by atoms with E-state index in [4.69, 9.17) is 11.6 Å². The van der Waals surface area contributed by atoms with Crippen LogP contribution in [0, 0.1) is 5.82 Å². The van der Waals surface area contributed by atoms with Crippen LogP contribution in [0.1, 0.15) is 22.8 Å². The van der Waals surface area contributed by atoms with Crippen LogP contribution >= 0.6 is 27.5 Å². The van der Waals surface area contributed by atoms with E-state index >= 15 is 0 Å². The van der Waals surface area contributed by atoms with Crippen molar-refractivity contribution in [3.63, 3.8) is 0 Å². The first-order chi connectivity index (χ1) is 9.98. The van der Waals surface area contributed by atoms with Crippen molar-refractivity contribution in [2.24, 2.45) is 0 Å². The van der Waals surface area contributed by atoms with E-state index in [1.165, 1.54) is 18.2 Å². The lowest BCUT2D eigenvalue weighted by atomic mass is 9.94. The van der Waals surface area contributed by atoms with Gasteiger partial charge < -0.3 is 5.32 Å². The normalized spacial score (nSPS) is 13.5. The van der Waals surface area contributed by atoms with Crippen molar-refractivity contribution in [3.05, 3.63) is 70.5 Å². The third-order valence-electron chi connectivity index (χ3n) is 3.26. The molecule has 0 spiro atoms. The molecule has 0 aliphatic heterocycles. The maximum Gasteiger partial charge on any atom is 0.253 e. The molecule has 0 heterocycles. The van der Waals surface area contributed by atoms with Gasteiger partial charge in [0.1, 0.15) is 5.82 Å². The van der Waals surface area contributed by atoms with E-state index in [2.05, 4.69) is 21.2 Å². The lowest BCUT2D eigenvalue weighted by Crippen LogP contribution is -2.45. The Kier molecular flexibility index (Phi) is 5.01. The number of halogens is 3. The number of alkyl halides is 1. The van der Waals surface area contributed by atoms with Gasteiger partial charge in [-0.1, -0.05) is 63.9 Å². The molecule has 2 nitrogen and oxygen atoms in total. The fourth-order valence-electron chi connectivity index (χ4n) is 1.99. The van der Waals surface area contributed by atoms with Gasteiger partial charge in [-0.2, -0.15) is 0 Å². The van der Waals surface area contributed by atoms with Crippen LogP contribution in [0.3, 0.4) is 0 Å². The number of hydrogen-bond donors (Lipinski definition) is 1. The van der Waals surface area contributed by atoms with E-state index in [1.54, 1.807) is 0 Å². The van der Waals surface area contributed by atoms with E-state index in [-0.39, 0.29) is 10.6 Å². The van der Waals surface area contributed by atoms with Gasteiger partial charge >= 0.3 is 0 Å². The van der Waals surface area contributed by atoms with Gasteiger partial charge in [0.15, 0.2) is 0 Å². The van der Waals surface area contributed by atoms with Crippen molar-refractivity contribution in [2.75, 3.05) is 5.33 Å². The fourth-order valence-corrected chi connectivity index (χ4v) is 2.66. The lowest BCUT2D eigenvalue weighted by molar-refractivity contribution is 0.0914. The summed E-state index contributed by atoms with van der Waals surface area (Å²) in [5.74, 6) is -1.02. The average Bonchev–Trinajstić information content (AvgIpc) is 2.50. The molecule has 0 fully saturated rings. The molecule has 2 aromatic carbocycles. The zero-order chi connectivity index (χ0) is 15.5. The largest absolute Gasteiger partial charge is 0.342 e. The highest BCUT2D eigenvalue weighted by Gasteiger charge is 2.28. The van der Waals surface area contributed by atoms with E-state index < -0.39 is 17.3 Å². The maximum atomic E-state index is 13.5. The minimum Gasteiger partial charge on any atom is -0.342 e. The molecule has 21 heavy (non-hydrogen) atoms. The summed E-state index contributed by atoms with van der Waals surface area (Å²) in [5, 5.41) is 3.26. The molecule has 1 amide bonds. The minimum atomic E-state index is -0.617. The van der Waals surface area contributed by atoms with Crippen molar-refractivity contribution in [1.82, 2.24) is 5.32 Å². The van der Waals surface area contributed by atoms with Gasteiger partial charge in [0, 0.05) is 5.33 Å². The maximum absolute atomic E-state index is 13.5. The second kappa shape index (κ2) is 6.58. The number of nitrogens with one attached hydrogen (secondary N) is 1. The van der Waals surface area contributed by atoms with Crippen molar-refractivity contribution in [3.8, 4) is 0 Å². The highest BCUT2D eigenvalue weighted by molar-refractivity contribution is 9.09. The first kappa shape index (κ1) is 16.0. The molecule has 110 valence electrons. The third-order valence-corrected chi connectivity index (χ3v) is 4.77. The highest BCUT2D eigenvalue weighted by atomic mass is 79.9. The summed E-state index contributed by atoms with van der Waals surface area (Å²) >= 11 is 9.28. The van der Waals surface area contributed by atoms with Crippen LogP contribution in [0.4, 0.5) is 4.39 Å². The van der Waals surface area contributed by atoms with E-state index in [1.807, 2.05) is 37.3 Å². The molecule has 5 heteroatoms. The molecular formula is C16H14BrClFNO. The molecule has 0 aromatic heterocycles. The van der Waals surface area contributed by atoms with Crippen molar-refractivity contribution < 1.29 is 9.18 Å². The molecule has 1 atom stereocenters. The van der Waals surface area contributed by atoms with Crippen LogP contribution in [0.25, 0.3) is 0 Å². The average molecular weight is 371 g/mol. The van der Waals surface area contributed by atoms with Crippen LogP contribution in [0.5, 0.6) is 0 Å². The van der Waals surface area contributed by atoms with Crippen molar-refractivity contribution in [2.45, 2.75) is 12.5 Å². The fraction of sp³-hybridized carbons (Fsp3) is 0.188. The summed E-state index contributed by atoms with van der Waals surface area (Å²) in [4.78, 5) is 12.4. The van der Waals surface area contributed by atoms with Gasteiger partial charge in [0.05, 0.1) is 16.1 Å². The molecule has 2 rings (SSSR count). The molecule has 0 aliphatic carbocycles. The first-order valence-electron chi connectivity index (χ1n) is 6.36. The summed E-state index contributed by atoms with van der Waals surface area (Å²) in [6, 6.07) is 13.7. The van der Waals surface area contributed by atoms with E-state index in [9.17, 15) is 9.18 Å². The summed E-state index contributed by atoms with van der Waals surface area (Å²) in [7, 11) is 0. The molecule has 1 N–H and O–H groups in total. The van der Waals surface area contributed by atoms with Gasteiger partial charge in [-0.15, -0.1) is 0 Å². The molecular weight excluding hydrogens is 357 g/mol. The van der Waals surface area contributed by atoms with Crippen molar-refractivity contribution in [1.29, 1.82) is 0 Å². The molecule has 0 aliphatic rings. The van der Waals surface area contributed by atoms with Crippen LogP contribution < -0.4 is 5.32 Å². The molecule has 2 aromatic rings. The predicted molar refractivity (Wildman–Crippen MR) is 86.5 cm³/mol. The highest BCUT2D eigenvalue weighted by Crippen LogP contribution is 2.25. The monoisotopic (exact) mass is 369 g/mol. The van der Waals surface area contributed by atoms with E-state index in [0.29, 0.717) is 5.33 Å². The van der Waals surface area contributed by atoms with Gasteiger partial charge in [-0.05, 0) is 24.6 Å². The van der Waals surface area contributed by atoms with Crippen LogP contribution in [-0.2, 0) is 5.54 Å². The standard InChI is InChI=1S/C16H14BrClFNO/c1-16(10-17,11-6-3-2-4-7-11)20-15(21)12-8-5-9-13(19)14(12)18/h2-9H,10H2,1H3,(H,20,21). The predicted octanol–water partition coefficient (Wildman–Crippen LogP) is 4.52. The van der Waals surface area contributed by atoms with Gasteiger partial charge in [0.25, 0.3) is 5.91 Å². The number of rotatable bonds is 4. The molecule has 0 saturated heterocycles. The summed E-state index contributed by atoms with van der Waals surface area (Å²) in [6.45, 7) is 1.89. The Morgan fingerprint density at radius 2 is 1.90 bits per heavy atom. The molecule has 1 unspecified atom stereocenters. The zero-order valence-electron chi connectivity index (χ0n) is 11.4. The minimum absolute atomic E-state index is 0.125. The van der Waals surface area contributed by atoms with E-state index in [0.717, 1.165) is 5.56 Å². The van der Waals surface area contributed by atoms with Crippen LogP contribution in [-0.4, -0.2) is 11.2 Å². The van der Waals surface area contributed by atoms with Crippen LogP contribution in [0.15, 0.2) is 48.5 Å². The second-order valence-corrected chi connectivity index (χ2v) is 5.83. The SMILES string of the molecule is CC(CBr)(NC(=O)c1cccc(F)c1Cl)c1ccccc1. The van der Waals surface area contributed by atoms with Crippen LogP contribution in [0.2, 0.25) is 5.02 Å². The number of hydrogen-bond acceptors (Lipinski definition) is 1. The summed E-state index contributed by atoms with van der Waals surface area (Å²) < 4.78 is 13.5. The molecule has 0 saturated carbocycles. The summed E-state index contributed by atoms with van der Waals surface area (Å²) in [6.07, 6.45) is 0. The topological polar surface area (TPSA) is 29.1 Å². The Labute approximate surface area is 136 Å². The Hall–Kier alpha value is -1.39. The number of carbonyl (C=O) groups is 1.